The number of alkyl halides is 2. The summed E-state index contributed by atoms with van der Waals surface area (Å²) in [4.78, 5) is 20.3. The highest BCUT2D eigenvalue weighted by molar-refractivity contribution is 5.92. The minimum Gasteiger partial charge on any atom is -0.496 e. The number of rotatable bonds is 4. The molecule has 3 rings (SSSR count). The summed E-state index contributed by atoms with van der Waals surface area (Å²) >= 11 is 0. The molecule has 1 amide bonds. The van der Waals surface area contributed by atoms with Crippen LogP contribution in [0.1, 0.15) is 19.3 Å². The Balaban J connectivity index is 0.00000225. The number of aromatic nitrogens is 2. The number of halogens is 3. The Hall–Kier alpha value is -2.28. The Bertz CT molecular complexity index is 758. The van der Waals surface area contributed by atoms with E-state index in [1.54, 1.807) is 19.2 Å². The molecule has 1 aromatic heterocycles. The highest BCUT2D eigenvalue weighted by atomic mass is 35.5. The third kappa shape index (κ3) is 4.42. The van der Waals surface area contributed by atoms with E-state index in [1.807, 2.05) is 18.2 Å². The molecule has 134 valence electrons. The van der Waals surface area contributed by atoms with Crippen molar-refractivity contribution in [3.63, 3.8) is 0 Å². The predicted octanol–water partition coefficient (Wildman–Crippen LogP) is 3.95. The molecule has 1 aliphatic carbocycles. The van der Waals surface area contributed by atoms with Gasteiger partial charge in [0.1, 0.15) is 17.9 Å². The number of para-hydroxylation sites is 1. The minimum atomic E-state index is -2.75. The molecule has 0 bridgehead atoms. The average Bonchev–Trinajstić information content (AvgIpc) is 2.95. The molecule has 1 N–H and O–H groups in total. The zero-order chi connectivity index (χ0) is 17.2. The molecule has 1 atom stereocenters. The molecule has 1 saturated carbocycles. The fourth-order valence-electron chi connectivity index (χ4n) is 2.83. The van der Waals surface area contributed by atoms with Gasteiger partial charge in [0, 0.05) is 30.4 Å². The number of anilines is 1. The lowest BCUT2D eigenvalue weighted by molar-refractivity contribution is -0.120. The summed E-state index contributed by atoms with van der Waals surface area (Å²) in [5.74, 6) is -2.95. The van der Waals surface area contributed by atoms with Gasteiger partial charge in [0.05, 0.1) is 12.8 Å². The zero-order valence-corrected chi connectivity index (χ0v) is 14.4. The van der Waals surface area contributed by atoms with Crippen LogP contribution in [0.4, 0.5) is 14.6 Å². The first kappa shape index (κ1) is 19.1. The van der Waals surface area contributed by atoms with Crippen LogP contribution in [0.5, 0.6) is 5.75 Å². The van der Waals surface area contributed by atoms with E-state index >= 15 is 0 Å². The topological polar surface area (TPSA) is 64.1 Å². The summed E-state index contributed by atoms with van der Waals surface area (Å²) in [6.07, 6.45) is 0.842. The number of hydrogen-bond acceptors (Lipinski definition) is 4. The van der Waals surface area contributed by atoms with Gasteiger partial charge in [-0.25, -0.2) is 18.7 Å². The molecule has 1 aliphatic rings. The van der Waals surface area contributed by atoms with E-state index in [0.717, 1.165) is 5.56 Å². The standard InChI is InChI=1S/C17H17F2N3O2.ClH/c1-24-14-5-3-2-4-12(14)13-8-15(21-10-20-13)22-16(23)11-6-7-17(18,19)9-11;/h2-5,8,10-11H,6-7,9H2,1H3,(H,20,21,22,23);1H. The second kappa shape index (κ2) is 7.74. The summed E-state index contributed by atoms with van der Waals surface area (Å²) < 4.78 is 31.8. The number of benzene rings is 1. The van der Waals surface area contributed by atoms with Crippen molar-refractivity contribution in [1.82, 2.24) is 9.97 Å². The average molecular weight is 370 g/mol. The maximum absolute atomic E-state index is 13.2. The smallest absolute Gasteiger partial charge is 0.248 e. The minimum absolute atomic E-state index is 0. The van der Waals surface area contributed by atoms with Gasteiger partial charge in [-0.05, 0) is 18.6 Å². The largest absolute Gasteiger partial charge is 0.496 e. The van der Waals surface area contributed by atoms with Crippen LogP contribution in [0.3, 0.4) is 0 Å². The maximum atomic E-state index is 13.2. The number of nitrogens with one attached hydrogen (secondary N) is 1. The number of carbonyl (C=O) groups is 1. The summed E-state index contributed by atoms with van der Waals surface area (Å²) in [5, 5.41) is 2.61. The molecule has 2 aromatic rings. The van der Waals surface area contributed by atoms with Gasteiger partial charge in [-0.3, -0.25) is 4.79 Å². The van der Waals surface area contributed by atoms with Gasteiger partial charge >= 0.3 is 0 Å². The summed E-state index contributed by atoms with van der Waals surface area (Å²) in [6.45, 7) is 0. The summed E-state index contributed by atoms with van der Waals surface area (Å²) in [5.41, 5.74) is 1.33. The Morgan fingerprint density at radius 1 is 1.32 bits per heavy atom. The molecule has 1 fully saturated rings. The van der Waals surface area contributed by atoms with E-state index < -0.39 is 24.2 Å². The fourth-order valence-corrected chi connectivity index (χ4v) is 2.83. The number of carbonyl (C=O) groups excluding carboxylic acids is 1. The number of ether oxygens (including phenoxy) is 1. The fraction of sp³-hybridized carbons (Fsp3) is 0.353. The molecule has 0 spiro atoms. The van der Waals surface area contributed by atoms with Crippen LogP contribution in [0, 0.1) is 5.92 Å². The Morgan fingerprint density at radius 2 is 2.08 bits per heavy atom. The van der Waals surface area contributed by atoms with Crippen molar-refractivity contribution in [3.8, 4) is 17.0 Å². The van der Waals surface area contributed by atoms with Crippen LogP contribution in [-0.2, 0) is 4.79 Å². The molecule has 1 aromatic carbocycles. The van der Waals surface area contributed by atoms with Gasteiger partial charge in [0.2, 0.25) is 11.8 Å². The van der Waals surface area contributed by atoms with Crippen molar-refractivity contribution in [2.45, 2.75) is 25.2 Å². The second-order valence-corrected chi connectivity index (χ2v) is 5.77. The highest BCUT2D eigenvalue weighted by Crippen LogP contribution is 2.39. The van der Waals surface area contributed by atoms with Crippen molar-refractivity contribution < 1.29 is 18.3 Å². The van der Waals surface area contributed by atoms with Crippen molar-refractivity contribution >= 4 is 24.1 Å². The van der Waals surface area contributed by atoms with Crippen LogP contribution >= 0.6 is 12.4 Å². The molecule has 25 heavy (non-hydrogen) atoms. The Labute approximate surface area is 150 Å². The van der Waals surface area contributed by atoms with Crippen molar-refractivity contribution in [2.75, 3.05) is 12.4 Å². The van der Waals surface area contributed by atoms with Crippen molar-refractivity contribution in [3.05, 3.63) is 36.7 Å². The quantitative estimate of drug-likeness (QED) is 0.886. The molecule has 1 unspecified atom stereocenters. The van der Waals surface area contributed by atoms with Crippen LogP contribution < -0.4 is 10.1 Å². The monoisotopic (exact) mass is 369 g/mol. The lowest BCUT2D eigenvalue weighted by Gasteiger charge is -2.12. The molecule has 5 nitrogen and oxygen atoms in total. The van der Waals surface area contributed by atoms with E-state index in [9.17, 15) is 13.6 Å². The SMILES string of the molecule is COc1ccccc1-c1cc(NC(=O)C2CCC(F)(F)C2)ncn1.Cl. The molecule has 0 saturated heterocycles. The number of hydrogen-bond donors (Lipinski definition) is 1. The van der Waals surface area contributed by atoms with Gasteiger partial charge in [-0.15, -0.1) is 12.4 Å². The van der Waals surface area contributed by atoms with Gasteiger partial charge in [0.15, 0.2) is 0 Å². The molecule has 0 radical (unpaired) electrons. The first-order chi connectivity index (χ1) is 11.5. The van der Waals surface area contributed by atoms with Crippen LogP contribution in [0.2, 0.25) is 0 Å². The lowest BCUT2D eigenvalue weighted by atomic mass is 10.1. The van der Waals surface area contributed by atoms with Crippen molar-refractivity contribution in [2.24, 2.45) is 5.92 Å². The Kier molecular flexibility index (Phi) is 5.89. The maximum Gasteiger partial charge on any atom is 0.248 e. The van der Waals surface area contributed by atoms with E-state index in [4.69, 9.17) is 4.74 Å². The van der Waals surface area contributed by atoms with Gasteiger partial charge in [-0.1, -0.05) is 12.1 Å². The van der Waals surface area contributed by atoms with Gasteiger partial charge < -0.3 is 10.1 Å². The third-order valence-electron chi connectivity index (χ3n) is 4.08. The number of methoxy groups -OCH3 is 1. The predicted molar refractivity (Wildman–Crippen MR) is 92.2 cm³/mol. The second-order valence-electron chi connectivity index (χ2n) is 5.77. The molecular weight excluding hydrogens is 352 g/mol. The van der Waals surface area contributed by atoms with E-state index in [-0.39, 0.29) is 31.1 Å². The Morgan fingerprint density at radius 3 is 2.76 bits per heavy atom. The number of nitrogens with zero attached hydrogens (tertiary/aromatic N) is 2. The zero-order valence-electron chi connectivity index (χ0n) is 13.5. The third-order valence-corrected chi connectivity index (χ3v) is 4.08. The van der Waals surface area contributed by atoms with E-state index in [0.29, 0.717) is 11.4 Å². The van der Waals surface area contributed by atoms with Crippen LogP contribution in [0.25, 0.3) is 11.3 Å². The molecular formula is C17H18ClF2N3O2. The molecule has 8 heteroatoms. The van der Waals surface area contributed by atoms with Crippen LogP contribution in [-0.4, -0.2) is 28.9 Å². The summed E-state index contributed by atoms with van der Waals surface area (Å²) in [6, 6.07) is 8.93. The van der Waals surface area contributed by atoms with Gasteiger partial charge in [0.25, 0.3) is 0 Å². The summed E-state index contributed by atoms with van der Waals surface area (Å²) in [7, 11) is 1.56. The normalized spacial score (nSPS) is 18.3. The number of amides is 1. The molecule has 1 heterocycles. The molecule has 0 aliphatic heterocycles. The van der Waals surface area contributed by atoms with E-state index in [2.05, 4.69) is 15.3 Å². The van der Waals surface area contributed by atoms with Gasteiger partial charge in [-0.2, -0.15) is 0 Å². The van der Waals surface area contributed by atoms with E-state index in [1.165, 1.54) is 6.33 Å². The highest BCUT2D eigenvalue weighted by Gasteiger charge is 2.42. The first-order valence-electron chi connectivity index (χ1n) is 7.63. The lowest BCUT2D eigenvalue weighted by Crippen LogP contribution is -2.23. The van der Waals surface area contributed by atoms with Crippen molar-refractivity contribution in [1.29, 1.82) is 0 Å². The van der Waals surface area contributed by atoms with Crippen LogP contribution in [0.15, 0.2) is 36.7 Å². The first-order valence-corrected chi connectivity index (χ1v) is 7.63.